The Bertz CT molecular complexity index is 1090. The summed E-state index contributed by atoms with van der Waals surface area (Å²) in [5, 5.41) is 1.92. The van der Waals surface area contributed by atoms with Gasteiger partial charge in [-0.3, -0.25) is 9.98 Å². The Hall–Kier alpha value is -2.24. The van der Waals surface area contributed by atoms with Crippen molar-refractivity contribution in [3.8, 4) is 5.69 Å². The molecule has 6 heteroatoms. The summed E-state index contributed by atoms with van der Waals surface area (Å²) in [4.78, 5) is 12.4. The topological polar surface area (TPSA) is 33.4 Å². The molecular weight excluding hydrogens is 412 g/mol. The monoisotopic (exact) mass is 436 g/mol. The first kappa shape index (κ1) is 19.7. The van der Waals surface area contributed by atoms with Gasteiger partial charge in [0, 0.05) is 40.1 Å². The number of fused-ring (bicyclic) bond motifs is 1. The average Bonchev–Trinajstić information content (AvgIpc) is 3.41. The van der Waals surface area contributed by atoms with E-state index in [0.717, 1.165) is 28.6 Å². The Labute approximate surface area is 187 Å². The molecule has 0 bridgehead atoms. The number of aryl methyl sites for hydroxylation is 1. The molecule has 0 aliphatic carbocycles. The van der Waals surface area contributed by atoms with Crippen molar-refractivity contribution in [2.75, 3.05) is 5.75 Å². The number of hydrogen-bond acceptors (Lipinski definition) is 4. The van der Waals surface area contributed by atoms with Gasteiger partial charge in [-0.15, -0.1) is 0 Å². The molecule has 3 aromatic rings. The fourth-order valence-electron chi connectivity index (χ4n) is 4.76. The van der Waals surface area contributed by atoms with Crippen molar-refractivity contribution >= 4 is 28.5 Å². The molecule has 2 aromatic heterocycles. The van der Waals surface area contributed by atoms with Crippen LogP contribution in [0.25, 0.3) is 5.69 Å². The maximum absolute atomic E-state index is 6.13. The highest BCUT2D eigenvalue weighted by atomic mass is 35.5. The van der Waals surface area contributed by atoms with Crippen LogP contribution in [0.4, 0.5) is 0 Å². The molecule has 4 heterocycles. The van der Waals surface area contributed by atoms with E-state index in [9.17, 15) is 0 Å². The SMILES string of the molecule is CC[C@@H]1CSC2=N[C@@H](c3ccccn3)[C@H](c3cc(C)n(-c4ccc(Cl)cc4)c3C)N21. The number of hydrogen-bond donors (Lipinski definition) is 0. The maximum Gasteiger partial charge on any atom is 0.160 e. The molecule has 0 amide bonds. The third-order valence-electron chi connectivity index (χ3n) is 6.20. The number of halogens is 1. The number of benzene rings is 1. The number of rotatable bonds is 4. The second kappa shape index (κ2) is 7.78. The van der Waals surface area contributed by atoms with Gasteiger partial charge in [0.05, 0.1) is 11.7 Å². The van der Waals surface area contributed by atoms with Crippen molar-refractivity contribution in [1.29, 1.82) is 0 Å². The van der Waals surface area contributed by atoms with Gasteiger partial charge in [-0.25, -0.2) is 0 Å². The Morgan fingerprint density at radius 3 is 2.63 bits per heavy atom. The summed E-state index contributed by atoms with van der Waals surface area (Å²) in [5.41, 5.74) is 5.98. The van der Waals surface area contributed by atoms with Crippen LogP contribution < -0.4 is 0 Å². The Kier molecular flexibility index (Phi) is 5.11. The van der Waals surface area contributed by atoms with Crippen molar-refractivity contribution < 1.29 is 0 Å². The molecule has 0 saturated carbocycles. The summed E-state index contributed by atoms with van der Waals surface area (Å²) in [6.45, 7) is 6.67. The largest absolute Gasteiger partial charge is 0.338 e. The van der Waals surface area contributed by atoms with Gasteiger partial charge >= 0.3 is 0 Å². The lowest BCUT2D eigenvalue weighted by Gasteiger charge is -2.32. The van der Waals surface area contributed by atoms with Crippen molar-refractivity contribution in [2.45, 2.75) is 45.3 Å². The minimum Gasteiger partial charge on any atom is -0.338 e. The van der Waals surface area contributed by atoms with Crippen molar-refractivity contribution in [1.82, 2.24) is 14.5 Å². The summed E-state index contributed by atoms with van der Waals surface area (Å²) in [6.07, 6.45) is 2.99. The summed E-state index contributed by atoms with van der Waals surface area (Å²) < 4.78 is 2.32. The van der Waals surface area contributed by atoms with Crippen LogP contribution >= 0.6 is 23.4 Å². The highest BCUT2D eigenvalue weighted by Gasteiger charge is 2.46. The van der Waals surface area contributed by atoms with Crippen LogP contribution in [0.15, 0.2) is 59.7 Å². The van der Waals surface area contributed by atoms with Crippen LogP contribution in [0.3, 0.4) is 0 Å². The molecule has 5 rings (SSSR count). The smallest absolute Gasteiger partial charge is 0.160 e. The molecule has 2 aliphatic rings. The van der Waals surface area contributed by atoms with E-state index in [1.807, 2.05) is 36.2 Å². The predicted molar refractivity (Wildman–Crippen MR) is 126 cm³/mol. The number of amidine groups is 1. The van der Waals surface area contributed by atoms with Gasteiger partial charge in [-0.2, -0.15) is 0 Å². The second-order valence-electron chi connectivity index (χ2n) is 7.97. The van der Waals surface area contributed by atoms with Crippen LogP contribution in [0.1, 0.15) is 48.1 Å². The number of thioether (sulfide) groups is 1. The Morgan fingerprint density at radius 1 is 1.13 bits per heavy atom. The summed E-state index contributed by atoms with van der Waals surface area (Å²) in [6, 6.07) is 17.2. The quantitative estimate of drug-likeness (QED) is 0.493. The first-order valence-corrected chi connectivity index (χ1v) is 11.8. The summed E-state index contributed by atoms with van der Waals surface area (Å²) in [5.74, 6) is 1.11. The Balaban J connectivity index is 1.63. The first-order chi connectivity index (χ1) is 14.6. The molecule has 4 nitrogen and oxygen atoms in total. The number of pyridine rings is 1. The van der Waals surface area contributed by atoms with Gasteiger partial charge in [0.15, 0.2) is 5.17 Å². The van der Waals surface area contributed by atoms with Crippen molar-refractivity contribution in [3.63, 3.8) is 0 Å². The molecule has 2 aliphatic heterocycles. The lowest BCUT2D eigenvalue weighted by atomic mass is 9.95. The molecule has 154 valence electrons. The van der Waals surface area contributed by atoms with E-state index < -0.39 is 0 Å². The van der Waals surface area contributed by atoms with Crippen LogP contribution in [-0.4, -0.2) is 31.4 Å². The number of nitrogens with zero attached hydrogens (tertiary/aromatic N) is 4. The van der Waals surface area contributed by atoms with Gasteiger partial charge in [-0.05, 0) is 68.3 Å². The third-order valence-corrected chi connectivity index (χ3v) is 7.58. The minimum absolute atomic E-state index is 0.0159. The van der Waals surface area contributed by atoms with Crippen molar-refractivity contribution in [2.24, 2.45) is 4.99 Å². The molecule has 3 atom stereocenters. The van der Waals surface area contributed by atoms with Gasteiger partial charge in [0.1, 0.15) is 6.04 Å². The van der Waals surface area contributed by atoms with Crippen LogP contribution in [0, 0.1) is 13.8 Å². The maximum atomic E-state index is 6.13. The number of aliphatic imine (C=N–C) groups is 1. The van der Waals surface area contributed by atoms with E-state index in [2.05, 4.69) is 65.6 Å². The van der Waals surface area contributed by atoms with Gasteiger partial charge in [-0.1, -0.05) is 36.4 Å². The fraction of sp³-hybridized carbons (Fsp3) is 0.333. The molecule has 0 N–H and O–H groups in total. The summed E-state index contributed by atoms with van der Waals surface area (Å²) in [7, 11) is 0. The molecule has 1 fully saturated rings. The van der Waals surface area contributed by atoms with Gasteiger partial charge in [0.2, 0.25) is 0 Å². The third kappa shape index (κ3) is 3.15. The zero-order valence-electron chi connectivity index (χ0n) is 17.4. The zero-order chi connectivity index (χ0) is 20.8. The standard InChI is InChI=1S/C24H25ClN4S/c1-4-18-14-30-24-27-22(21-7-5-6-12-26-21)23(29(18)24)20-13-15(2)28(16(20)3)19-10-8-17(25)9-11-19/h5-13,18,22-23H,4,14H2,1-3H3/t18-,22+,23+/m1/s1. The van der Waals surface area contributed by atoms with Crippen LogP contribution in [0.5, 0.6) is 0 Å². The summed E-state index contributed by atoms with van der Waals surface area (Å²) >= 11 is 8.01. The average molecular weight is 437 g/mol. The second-order valence-corrected chi connectivity index (χ2v) is 9.40. The van der Waals surface area contributed by atoms with E-state index in [0.29, 0.717) is 6.04 Å². The predicted octanol–water partition coefficient (Wildman–Crippen LogP) is 6.12. The normalized spacial score (nSPS) is 23.0. The highest BCUT2D eigenvalue weighted by molar-refractivity contribution is 8.14. The highest BCUT2D eigenvalue weighted by Crippen LogP contribution is 2.49. The van der Waals surface area contributed by atoms with Crippen LogP contribution in [0.2, 0.25) is 5.02 Å². The van der Waals surface area contributed by atoms with E-state index >= 15 is 0 Å². The molecule has 0 radical (unpaired) electrons. The van der Waals surface area contributed by atoms with E-state index in [1.54, 1.807) is 0 Å². The fourth-order valence-corrected chi connectivity index (χ4v) is 6.22. The molecular formula is C24H25ClN4S. The lowest BCUT2D eigenvalue weighted by molar-refractivity contribution is 0.254. The first-order valence-electron chi connectivity index (χ1n) is 10.4. The van der Waals surface area contributed by atoms with Crippen molar-refractivity contribution in [3.05, 3.63) is 82.4 Å². The van der Waals surface area contributed by atoms with Crippen LogP contribution in [-0.2, 0) is 0 Å². The minimum atomic E-state index is 0.0159. The van der Waals surface area contributed by atoms with E-state index in [-0.39, 0.29) is 12.1 Å². The molecule has 1 aromatic carbocycles. The molecule has 1 saturated heterocycles. The lowest BCUT2D eigenvalue weighted by Crippen LogP contribution is -2.35. The van der Waals surface area contributed by atoms with E-state index in [4.69, 9.17) is 16.6 Å². The molecule has 0 unspecified atom stereocenters. The van der Waals surface area contributed by atoms with Gasteiger partial charge in [0.25, 0.3) is 0 Å². The van der Waals surface area contributed by atoms with Gasteiger partial charge < -0.3 is 9.47 Å². The van der Waals surface area contributed by atoms with E-state index in [1.165, 1.54) is 22.1 Å². The zero-order valence-corrected chi connectivity index (χ0v) is 19.0. The Morgan fingerprint density at radius 2 is 1.93 bits per heavy atom. The molecule has 30 heavy (non-hydrogen) atoms. The number of aromatic nitrogens is 2. The molecule has 0 spiro atoms.